The lowest BCUT2D eigenvalue weighted by atomic mass is 10.4. The van der Waals surface area contributed by atoms with Crippen LogP contribution < -0.4 is 0 Å². The highest BCUT2D eigenvalue weighted by molar-refractivity contribution is 5.80. The lowest BCUT2D eigenvalue weighted by Gasteiger charge is -2.15. The second-order valence-electron chi connectivity index (χ2n) is 2.55. The fourth-order valence-electron chi connectivity index (χ4n) is 1.25. The summed E-state index contributed by atoms with van der Waals surface area (Å²) in [4.78, 5) is 6.41. The van der Waals surface area contributed by atoms with Crippen molar-refractivity contribution in [1.29, 1.82) is 0 Å². The van der Waals surface area contributed by atoms with Gasteiger partial charge < -0.3 is 4.90 Å². The van der Waals surface area contributed by atoms with Crippen molar-refractivity contribution in [1.82, 2.24) is 4.90 Å². The lowest BCUT2D eigenvalue weighted by Crippen LogP contribution is -2.24. The molecule has 0 aromatic rings. The van der Waals surface area contributed by atoms with E-state index in [1.807, 2.05) is 6.92 Å². The number of likely N-dealkylation sites (tertiary alicyclic amines) is 1. The third-order valence-electron chi connectivity index (χ3n) is 1.84. The molecule has 56 valence electrons. The molecule has 0 radical (unpaired) electrons. The Hall–Kier alpha value is -0.790. The second kappa shape index (κ2) is 3.40. The van der Waals surface area contributed by atoms with Crippen molar-refractivity contribution < 1.29 is 0 Å². The number of hydrogen-bond acceptors (Lipinski definition) is 1. The quantitative estimate of drug-likeness (QED) is 0.397. The first-order valence-electron chi connectivity index (χ1n) is 3.75. The predicted molar refractivity (Wildman–Crippen MR) is 44.1 cm³/mol. The van der Waals surface area contributed by atoms with E-state index in [-0.39, 0.29) is 0 Å². The molecule has 0 spiro atoms. The Kier molecular flexibility index (Phi) is 2.49. The van der Waals surface area contributed by atoms with Gasteiger partial charge in [0.25, 0.3) is 0 Å². The first-order chi connectivity index (χ1) is 4.84. The van der Waals surface area contributed by atoms with E-state index in [1.165, 1.54) is 25.9 Å². The first kappa shape index (κ1) is 7.32. The highest BCUT2D eigenvalue weighted by Crippen LogP contribution is 2.07. The average Bonchev–Trinajstić information content (AvgIpc) is 2.38. The number of amidine groups is 1. The van der Waals surface area contributed by atoms with E-state index in [0.29, 0.717) is 0 Å². The standard InChI is InChI=1S/C8H14N2/c1-3-9-8(2)10-6-4-5-7-10/h3H,1,4-7H2,2H3/b9-8+. The summed E-state index contributed by atoms with van der Waals surface area (Å²) >= 11 is 0. The third-order valence-corrected chi connectivity index (χ3v) is 1.84. The zero-order chi connectivity index (χ0) is 7.40. The third kappa shape index (κ3) is 1.59. The Labute approximate surface area is 62.3 Å². The van der Waals surface area contributed by atoms with Crippen LogP contribution in [0.4, 0.5) is 0 Å². The molecule has 1 aliphatic heterocycles. The maximum Gasteiger partial charge on any atom is 0.101 e. The smallest absolute Gasteiger partial charge is 0.101 e. The van der Waals surface area contributed by atoms with E-state index in [9.17, 15) is 0 Å². The highest BCUT2D eigenvalue weighted by atomic mass is 15.2. The van der Waals surface area contributed by atoms with Gasteiger partial charge in [-0.15, -0.1) is 0 Å². The molecule has 2 heteroatoms. The molecule has 0 amide bonds. The maximum absolute atomic E-state index is 4.11. The fraction of sp³-hybridized carbons (Fsp3) is 0.625. The van der Waals surface area contributed by atoms with Crippen LogP contribution in [0.2, 0.25) is 0 Å². The minimum absolute atomic E-state index is 1.10. The molecular weight excluding hydrogens is 124 g/mol. The van der Waals surface area contributed by atoms with Gasteiger partial charge in [0.2, 0.25) is 0 Å². The van der Waals surface area contributed by atoms with Gasteiger partial charge in [-0.1, -0.05) is 6.58 Å². The van der Waals surface area contributed by atoms with Gasteiger partial charge in [0.15, 0.2) is 0 Å². The van der Waals surface area contributed by atoms with Crippen LogP contribution in [-0.4, -0.2) is 23.8 Å². The number of nitrogens with zero attached hydrogens (tertiary/aromatic N) is 2. The van der Waals surface area contributed by atoms with Gasteiger partial charge in [-0.3, -0.25) is 0 Å². The zero-order valence-electron chi connectivity index (χ0n) is 6.51. The van der Waals surface area contributed by atoms with E-state index >= 15 is 0 Å². The van der Waals surface area contributed by atoms with Gasteiger partial charge in [-0.25, -0.2) is 4.99 Å². The molecule has 0 bridgehead atoms. The summed E-state index contributed by atoms with van der Waals surface area (Å²) in [5.41, 5.74) is 0. The zero-order valence-corrected chi connectivity index (χ0v) is 6.51. The van der Waals surface area contributed by atoms with Crippen LogP contribution in [0.5, 0.6) is 0 Å². The van der Waals surface area contributed by atoms with Crippen LogP contribution in [0.15, 0.2) is 17.8 Å². The molecule has 0 saturated carbocycles. The Morgan fingerprint density at radius 3 is 2.60 bits per heavy atom. The largest absolute Gasteiger partial charge is 0.360 e. The molecule has 2 nitrogen and oxygen atoms in total. The monoisotopic (exact) mass is 138 g/mol. The number of rotatable bonds is 1. The van der Waals surface area contributed by atoms with Crippen molar-refractivity contribution in [2.24, 2.45) is 4.99 Å². The van der Waals surface area contributed by atoms with Gasteiger partial charge >= 0.3 is 0 Å². The average molecular weight is 138 g/mol. The van der Waals surface area contributed by atoms with Crippen LogP contribution in [-0.2, 0) is 0 Å². The van der Waals surface area contributed by atoms with E-state index in [0.717, 1.165) is 5.84 Å². The van der Waals surface area contributed by atoms with Gasteiger partial charge in [0, 0.05) is 19.3 Å². The molecule has 1 rings (SSSR count). The Morgan fingerprint density at radius 1 is 1.50 bits per heavy atom. The number of aliphatic imine (C=N–C) groups is 1. The maximum atomic E-state index is 4.11. The Bertz CT molecular complexity index is 143. The molecular formula is C8H14N2. The predicted octanol–water partition coefficient (Wildman–Crippen LogP) is 1.64. The number of hydrogen-bond donors (Lipinski definition) is 0. The summed E-state index contributed by atoms with van der Waals surface area (Å²) in [5.74, 6) is 1.10. The summed E-state index contributed by atoms with van der Waals surface area (Å²) < 4.78 is 0. The van der Waals surface area contributed by atoms with E-state index in [1.54, 1.807) is 6.20 Å². The highest BCUT2D eigenvalue weighted by Gasteiger charge is 2.11. The van der Waals surface area contributed by atoms with Crippen molar-refractivity contribution in [3.8, 4) is 0 Å². The molecule has 0 aromatic carbocycles. The molecule has 1 fully saturated rings. The van der Waals surface area contributed by atoms with Crippen molar-refractivity contribution in [3.63, 3.8) is 0 Å². The fourth-order valence-corrected chi connectivity index (χ4v) is 1.25. The molecule has 0 atom stereocenters. The molecule has 0 unspecified atom stereocenters. The van der Waals surface area contributed by atoms with Crippen molar-refractivity contribution >= 4 is 5.84 Å². The van der Waals surface area contributed by atoms with Crippen LogP contribution in [0.3, 0.4) is 0 Å². The van der Waals surface area contributed by atoms with Gasteiger partial charge in [-0.05, 0) is 19.8 Å². The van der Waals surface area contributed by atoms with Gasteiger partial charge in [-0.2, -0.15) is 0 Å². The minimum Gasteiger partial charge on any atom is -0.360 e. The van der Waals surface area contributed by atoms with E-state index in [4.69, 9.17) is 0 Å². The second-order valence-corrected chi connectivity index (χ2v) is 2.55. The summed E-state index contributed by atoms with van der Waals surface area (Å²) in [7, 11) is 0. The molecule has 10 heavy (non-hydrogen) atoms. The summed E-state index contributed by atoms with van der Waals surface area (Å²) in [6.45, 7) is 7.93. The van der Waals surface area contributed by atoms with E-state index in [2.05, 4.69) is 16.5 Å². The van der Waals surface area contributed by atoms with Crippen LogP contribution in [0, 0.1) is 0 Å². The first-order valence-corrected chi connectivity index (χ1v) is 3.75. The molecule has 0 N–H and O–H groups in total. The molecule has 1 saturated heterocycles. The van der Waals surface area contributed by atoms with Crippen molar-refractivity contribution in [2.45, 2.75) is 19.8 Å². The van der Waals surface area contributed by atoms with Crippen molar-refractivity contribution in [3.05, 3.63) is 12.8 Å². The van der Waals surface area contributed by atoms with E-state index < -0.39 is 0 Å². The minimum atomic E-state index is 1.10. The van der Waals surface area contributed by atoms with Gasteiger partial charge in [0.05, 0.1) is 0 Å². The van der Waals surface area contributed by atoms with Crippen LogP contribution >= 0.6 is 0 Å². The molecule has 1 heterocycles. The summed E-state index contributed by atoms with van der Waals surface area (Å²) in [5, 5.41) is 0. The summed E-state index contributed by atoms with van der Waals surface area (Å²) in [6.07, 6.45) is 4.22. The van der Waals surface area contributed by atoms with Crippen molar-refractivity contribution in [2.75, 3.05) is 13.1 Å². The Balaban J connectivity index is 2.46. The SMILES string of the molecule is C=C/N=C(\C)N1CCCC1. The molecule has 1 aliphatic rings. The lowest BCUT2D eigenvalue weighted by molar-refractivity contribution is 0.516. The van der Waals surface area contributed by atoms with Gasteiger partial charge in [0.1, 0.15) is 5.84 Å². The normalized spacial score (nSPS) is 19.7. The molecule has 0 aliphatic carbocycles. The van der Waals surface area contributed by atoms with Crippen LogP contribution in [0.1, 0.15) is 19.8 Å². The Morgan fingerprint density at radius 2 is 2.10 bits per heavy atom. The molecule has 0 aromatic heterocycles. The van der Waals surface area contributed by atoms with Crippen LogP contribution in [0.25, 0.3) is 0 Å². The topological polar surface area (TPSA) is 15.6 Å². The summed E-state index contributed by atoms with van der Waals surface area (Å²) in [6, 6.07) is 0.